The molecule has 2 rings (SSSR count). The molecule has 0 fully saturated rings. The number of carbonyl (C=O) groups is 1. The van der Waals surface area contributed by atoms with Crippen LogP contribution in [0.3, 0.4) is 0 Å². The number of nitrogens with one attached hydrogen (secondary N) is 2. The molecule has 154 valence electrons. The lowest BCUT2D eigenvalue weighted by Gasteiger charge is -2.19. The molecule has 0 saturated carbocycles. The van der Waals surface area contributed by atoms with E-state index in [-0.39, 0.29) is 29.9 Å². The van der Waals surface area contributed by atoms with E-state index in [4.69, 9.17) is 0 Å². The first-order valence-corrected chi connectivity index (χ1v) is 9.56. The van der Waals surface area contributed by atoms with Crippen LogP contribution in [0.2, 0.25) is 0 Å². The molecule has 7 nitrogen and oxygen atoms in total. The number of aliphatic imine (C=N–C) groups is 1. The molecule has 1 aromatic carbocycles. The van der Waals surface area contributed by atoms with Crippen LogP contribution in [-0.4, -0.2) is 52.7 Å². The van der Waals surface area contributed by atoms with E-state index in [0.29, 0.717) is 25.5 Å². The van der Waals surface area contributed by atoms with Crippen molar-refractivity contribution in [1.82, 2.24) is 25.3 Å². The third-order valence-corrected chi connectivity index (χ3v) is 4.17. The minimum absolute atomic E-state index is 0. The zero-order chi connectivity index (χ0) is 19.5. The number of hydrogen-bond donors (Lipinski definition) is 2. The lowest BCUT2D eigenvalue weighted by atomic mass is 10.3. The van der Waals surface area contributed by atoms with Crippen LogP contribution in [0, 0.1) is 0 Å². The molecular weight excluding hydrogens is 467 g/mol. The van der Waals surface area contributed by atoms with Crippen molar-refractivity contribution in [2.24, 2.45) is 4.99 Å². The summed E-state index contributed by atoms with van der Waals surface area (Å²) in [5.74, 6) is 0.866. The van der Waals surface area contributed by atoms with Crippen LogP contribution in [0.25, 0.3) is 5.69 Å². The van der Waals surface area contributed by atoms with Crippen molar-refractivity contribution in [3.05, 3.63) is 48.3 Å². The lowest BCUT2D eigenvalue weighted by Crippen LogP contribution is -2.40. The van der Waals surface area contributed by atoms with Gasteiger partial charge in [-0.2, -0.15) is 5.10 Å². The normalized spacial score (nSPS) is 10.9. The van der Waals surface area contributed by atoms with Gasteiger partial charge in [0.05, 0.1) is 18.4 Å². The summed E-state index contributed by atoms with van der Waals surface area (Å²) in [5, 5.41) is 10.8. The maximum Gasteiger partial charge on any atom is 0.224 e. The maximum absolute atomic E-state index is 12.1. The second-order valence-corrected chi connectivity index (χ2v) is 6.07. The van der Waals surface area contributed by atoms with Gasteiger partial charge < -0.3 is 15.5 Å². The number of benzene rings is 1. The van der Waals surface area contributed by atoms with E-state index in [1.54, 1.807) is 0 Å². The molecule has 0 aliphatic rings. The van der Waals surface area contributed by atoms with Gasteiger partial charge in [0.25, 0.3) is 0 Å². The van der Waals surface area contributed by atoms with Crippen molar-refractivity contribution in [2.45, 2.75) is 33.7 Å². The number of halogens is 1. The van der Waals surface area contributed by atoms with Gasteiger partial charge >= 0.3 is 0 Å². The SMILES string of the molecule is CCNC(=NCc1cnn(-c2ccccc2)c1)NCCC(=O)N(CC)CC.I. The topological polar surface area (TPSA) is 74.5 Å². The number of aromatic nitrogens is 2. The van der Waals surface area contributed by atoms with Crippen molar-refractivity contribution in [3.8, 4) is 5.69 Å². The molecule has 0 aliphatic heterocycles. The number of para-hydroxylation sites is 1. The number of rotatable bonds is 9. The summed E-state index contributed by atoms with van der Waals surface area (Å²) in [5.41, 5.74) is 2.04. The van der Waals surface area contributed by atoms with Crippen molar-refractivity contribution in [3.63, 3.8) is 0 Å². The monoisotopic (exact) mass is 498 g/mol. The Morgan fingerprint density at radius 3 is 2.50 bits per heavy atom. The summed E-state index contributed by atoms with van der Waals surface area (Å²) >= 11 is 0. The minimum Gasteiger partial charge on any atom is -0.357 e. The molecule has 1 amide bonds. The Hall–Kier alpha value is -2.10. The molecule has 2 aromatic rings. The van der Waals surface area contributed by atoms with Gasteiger partial charge in [-0.25, -0.2) is 9.67 Å². The third kappa shape index (κ3) is 7.49. The molecule has 28 heavy (non-hydrogen) atoms. The van der Waals surface area contributed by atoms with E-state index in [2.05, 4.69) is 20.7 Å². The first-order valence-electron chi connectivity index (χ1n) is 9.56. The van der Waals surface area contributed by atoms with Crippen LogP contribution in [0.15, 0.2) is 47.7 Å². The maximum atomic E-state index is 12.1. The van der Waals surface area contributed by atoms with Crippen molar-refractivity contribution in [1.29, 1.82) is 0 Å². The number of amides is 1. The fourth-order valence-electron chi connectivity index (χ4n) is 2.70. The van der Waals surface area contributed by atoms with Gasteiger partial charge in [0.2, 0.25) is 5.91 Å². The average molecular weight is 498 g/mol. The smallest absolute Gasteiger partial charge is 0.224 e. The Morgan fingerprint density at radius 1 is 1.14 bits per heavy atom. The van der Waals surface area contributed by atoms with Gasteiger partial charge in [-0.15, -0.1) is 24.0 Å². The summed E-state index contributed by atoms with van der Waals surface area (Å²) in [4.78, 5) is 18.5. The molecule has 0 bridgehead atoms. The Balaban J connectivity index is 0.00000392. The van der Waals surface area contributed by atoms with Crippen molar-refractivity contribution in [2.75, 3.05) is 26.2 Å². The minimum atomic E-state index is 0. The molecule has 0 aliphatic carbocycles. The molecule has 8 heteroatoms. The molecular formula is C20H31IN6O. The predicted octanol–water partition coefficient (Wildman–Crippen LogP) is 2.80. The van der Waals surface area contributed by atoms with E-state index < -0.39 is 0 Å². The van der Waals surface area contributed by atoms with Crippen LogP contribution in [0.5, 0.6) is 0 Å². The largest absolute Gasteiger partial charge is 0.357 e. The second-order valence-electron chi connectivity index (χ2n) is 6.07. The Bertz CT molecular complexity index is 727. The summed E-state index contributed by atoms with van der Waals surface area (Å²) in [6.45, 7) is 9.34. The van der Waals surface area contributed by atoms with Gasteiger partial charge in [-0.05, 0) is 32.9 Å². The fraction of sp³-hybridized carbons (Fsp3) is 0.450. The molecule has 0 atom stereocenters. The number of hydrogen-bond acceptors (Lipinski definition) is 3. The molecule has 0 radical (unpaired) electrons. The molecule has 0 saturated heterocycles. The third-order valence-electron chi connectivity index (χ3n) is 4.17. The van der Waals surface area contributed by atoms with Gasteiger partial charge in [0.15, 0.2) is 5.96 Å². The quantitative estimate of drug-likeness (QED) is 0.317. The highest BCUT2D eigenvalue weighted by Gasteiger charge is 2.09. The van der Waals surface area contributed by atoms with E-state index in [1.807, 2.05) is 73.1 Å². The van der Waals surface area contributed by atoms with Crippen LogP contribution < -0.4 is 10.6 Å². The van der Waals surface area contributed by atoms with Gasteiger partial charge in [-0.3, -0.25) is 4.79 Å². The molecule has 0 spiro atoms. The molecule has 0 unspecified atom stereocenters. The summed E-state index contributed by atoms with van der Waals surface area (Å²) in [7, 11) is 0. The first kappa shape index (κ1) is 23.9. The van der Waals surface area contributed by atoms with Gasteiger partial charge in [0.1, 0.15) is 0 Å². The van der Waals surface area contributed by atoms with Crippen LogP contribution in [0.1, 0.15) is 32.8 Å². The van der Waals surface area contributed by atoms with E-state index in [9.17, 15) is 4.79 Å². The summed E-state index contributed by atoms with van der Waals surface area (Å²) < 4.78 is 1.84. The van der Waals surface area contributed by atoms with Crippen molar-refractivity contribution >= 4 is 35.8 Å². The Labute approximate surface area is 184 Å². The standard InChI is InChI=1S/C20H30N6O.HI/c1-4-21-20(22-13-12-19(27)25(5-2)6-3)23-14-17-15-24-26(16-17)18-10-8-7-9-11-18;/h7-11,15-16H,4-6,12-14H2,1-3H3,(H2,21,22,23);1H. The Kier molecular flexibility index (Phi) is 11.2. The fourth-order valence-corrected chi connectivity index (χ4v) is 2.70. The number of carbonyl (C=O) groups excluding carboxylic acids is 1. The van der Waals surface area contributed by atoms with E-state index in [1.165, 1.54) is 0 Å². The van der Waals surface area contributed by atoms with Crippen LogP contribution >= 0.6 is 24.0 Å². The second kappa shape index (κ2) is 13.1. The Morgan fingerprint density at radius 2 is 1.86 bits per heavy atom. The van der Waals surface area contributed by atoms with Gasteiger partial charge in [0, 0.05) is 44.4 Å². The predicted molar refractivity (Wildman–Crippen MR) is 124 cm³/mol. The highest BCUT2D eigenvalue weighted by molar-refractivity contribution is 14.0. The molecule has 1 aromatic heterocycles. The van der Waals surface area contributed by atoms with Gasteiger partial charge in [-0.1, -0.05) is 18.2 Å². The lowest BCUT2D eigenvalue weighted by molar-refractivity contribution is -0.130. The van der Waals surface area contributed by atoms with Crippen molar-refractivity contribution < 1.29 is 4.79 Å². The zero-order valence-electron chi connectivity index (χ0n) is 16.9. The van der Waals surface area contributed by atoms with E-state index in [0.717, 1.165) is 30.9 Å². The summed E-state index contributed by atoms with van der Waals surface area (Å²) in [6.07, 6.45) is 4.26. The number of guanidine groups is 1. The molecule has 1 heterocycles. The molecule has 2 N–H and O–H groups in total. The summed E-state index contributed by atoms with van der Waals surface area (Å²) in [6, 6.07) is 9.98. The first-order chi connectivity index (χ1) is 13.2. The van der Waals surface area contributed by atoms with Crippen LogP contribution in [-0.2, 0) is 11.3 Å². The average Bonchev–Trinajstić information content (AvgIpc) is 3.17. The number of nitrogens with zero attached hydrogens (tertiary/aromatic N) is 4. The van der Waals surface area contributed by atoms with Crippen LogP contribution in [0.4, 0.5) is 0 Å². The highest BCUT2D eigenvalue weighted by Crippen LogP contribution is 2.08. The highest BCUT2D eigenvalue weighted by atomic mass is 127. The van der Waals surface area contributed by atoms with E-state index >= 15 is 0 Å². The zero-order valence-corrected chi connectivity index (χ0v) is 19.2.